The van der Waals surface area contributed by atoms with Gasteiger partial charge in [-0.25, -0.2) is 4.79 Å². The molecule has 2 atom stereocenters. The summed E-state index contributed by atoms with van der Waals surface area (Å²) in [6.07, 6.45) is 2.10. The molecule has 128 valence electrons. The van der Waals surface area contributed by atoms with Gasteiger partial charge in [0.25, 0.3) is 0 Å². The average molecular weight is 346 g/mol. The summed E-state index contributed by atoms with van der Waals surface area (Å²) in [6.45, 7) is 1.64. The first-order valence-electron chi connectivity index (χ1n) is 7.57. The number of urea groups is 1. The highest BCUT2D eigenvalue weighted by Gasteiger charge is 2.65. The largest absolute Gasteiger partial charge is 0.418 e. The van der Waals surface area contributed by atoms with Crippen molar-refractivity contribution >= 4 is 22.3 Å². The normalized spacial score (nSPS) is 32.1. The van der Waals surface area contributed by atoms with Crippen LogP contribution in [-0.4, -0.2) is 72.6 Å². The Labute approximate surface area is 133 Å². The van der Waals surface area contributed by atoms with Crippen molar-refractivity contribution in [2.24, 2.45) is 5.41 Å². The maximum atomic E-state index is 12.5. The minimum absolute atomic E-state index is 0.0678. The number of nitrogens with one attached hydrogen (secondary N) is 2. The first-order chi connectivity index (χ1) is 10.8. The lowest BCUT2D eigenvalue weighted by Crippen LogP contribution is -2.61. The summed E-state index contributed by atoms with van der Waals surface area (Å²) in [4.78, 5) is 26.2. The second-order valence-electron chi connectivity index (χ2n) is 6.72. The molecule has 3 saturated heterocycles. The number of carbonyl (C=O) groups is 2. The lowest BCUT2D eigenvalue weighted by atomic mass is 9.85. The fourth-order valence-corrected chi connectivity index (χ4v) is 4.11. The van der Waals surface area contributed by atoms with Crippen LogP contribution in [-0.2, 0) is 19.5 Å². The van der Waals surface area contributed by atoms with Gasteiger partial charge in [-0.2, -0.15) is 13.5 Å². The quantitative estimate of drug-likeness (QED) is 0.527. The third-order valence-electron chi connectivity index (χ3n) is 5.27. The van der Waals surface area contributed by atoms with Crippen molar-refractivity contribution in [2.45, 2.75) is 37.4 Å². The van der Waals surface area contributed by atoms with Crippen LogP contribution in [0.3, 0.4) is 0 Å². The number of piperidine rings is 1. The molecular formula is C12H18N4O6S. The molecule has 4 aliphatic rings. The van der Waals surface area contributed by atoms with E-state index in [1.165, 1.54) is 4.90 Å². The van der Waals surface area contributed by atoms with Crippen LogP contribution in [0.4, 0.5) is 4.79 Å². The molecule has 11 heteroatoms. The molecule has 0 aromatic rings. The van der Waals surface area contributed by atoms with Crippen molar-refractivity contribution in [3.63, 3.8) is 0 Å². The fourth-order valence-electron chi connectivity index (χ4n) is 3.74. The highest BCUT2D eigenvalue weighted by Crippen LogP contribution is 2.59. The highest BCUT2D eigenvalue weighted by atomic mass is 32.3. The zero-order valence-corrected chi connectivity index (χ0v) is 13.1. The van der Waals surface area contributed by atoms with E-state index in [1.54, 1.807) is 0 Å². The van der Waals surface area contributed by atoms with Crippen LogP contribution in [0.1, 0.15) is 19.3 Å². The molecule has 4 rings (SSSR count). The summed E-state index contributed by atoms with van der Waals surface area (Å²) in [5.74, 6) is -0.219. The minimum Gasteiger partial charge on any atom is -0.349 e. The first-order valence-corrected chi connectivity index (χ1v) is 8.94. The molecule has 3 N–H and O–H groups in total. The summed E-state index contributed by atoms with van der Waals surface area (Å²) < 4.78 is 35.4. The van der Waals surface area contributed by atoms with Crippen molar-refractivity contribution < 1.29 is 26.8 Å². The van der Waals surface area contributed by atoms with Gasteiger partial charge in [0.2, 0.25) is 5.91 Å². The van der Waals surface area contributed by atoms with E-state index < -0.39 is 28.5 Å². The Kier molecular flexibility index (Phi) is 3.15. The van der Waals surface area contributed by atoms with E-state index in [0.717, 1.165) is 17.9 Å². The molecule has 23 heavy (non-hydrogen) atoms. The average Bonchev–Trinajstić information content (AvgIpc) is 3.13. The zero-order valence-electron chi connectivity index (χ0n) is 12.3. The second-order valence-corrected chi connectivity index (χ2v) is 7.73. The molecule has 0 aromatic heterocycles. The molecule has 1 aliphatic carbocycles. The van der Waals surface area contributed by atoms with E-state index in [0.29, 0.717) is 19.5 Å². The van der Waals surface area contributed by atoms with E-state index in [9.17, 15) is 18.0 Å². The van der Waals surface area contributed by atoms with Crippen molar-refractivity contribution in [3.8, 4) is 0 Å². The number of hydrogen-bond acceptors (Lipinski definition) is 6. The lowest BCUT2D eigenvalue weighted by Gasteiger charge is -2.37. The lowest BCUT2D eigenvalue weighted by molar-refractivity contribution is -0.128. The Balaban J connectivity index is 1.56. The van der Waals surface area contributed by atoms with Gasteiger partial charge < -0.3 is 15.5 Å². The Hall–Kier alpha value is -1.43. The number of amides is 3. The van der Waals surface area contributed by atoms with Crippen LogP contribution in [0.15, 0.2) is 0 Å². The van der Waals surface area contributed by atoms with Crippen LogP contribution >= 0.6 is 0 Å². The van der Waals surface area contributed by atoms with Crippen LogP contribution in [0.2, 0.25) is 0 Å². The van der Waals surface area contributed by atoms with Gasteiger partial charge in [0.1, 0.15) is 6.04 Å². The van der Waals surface area contributed by atoms with E-state index in [1.807, 2.05) is 0 Å². The summed E-state index contributed by atoms with van der Waals surface area (Å²) in [7, 11) is -4.78. The predicted molar refractivity (Wildman–Crippen MR) is 75.2 cm³/mol. The van der Waals surface area contributed by atoms with Crippen LogP contribution in [0, 0.1) is 5.41 Å². The molecule has 10 nitrogen and oxygen atoms in total. The topological polar surface area (TPSA) is 128 Å². The van der Waals surface area contributed by atoms with E-state index in [2.05, 4.69) is 14.9 Å². The molecule has 4 fully saturated rings. The first kappa shape index (κ1) is 15.1. The van der Waals surface area contributed by atoms with Gasteiger partial charge in [0.05, 0.1) is 12.1 Å². The smallest absolute Gasteiger partial charge is 0.349 e. The number of nitrogens with zero attached hydrogens (tertiary/aromatic N) is 2. The Morgan fingerprint density at radius 1 is 1.39 bits per heavy atom. The fraction of sp³-hybridized carbons (Fsp3) is 0.833. The van der Waals surface area contributed by atoms with E-state index >= 15 is 0 Å². The number of rotatable bonds is 4. The van der Waals surface area contributed by atoms with Gasteiger partial charge >= 0.3 is 16.4 Å². The monoisotopic (exact) mass is 346 g/mol. The van der Waals surface area contributed by atoms with Gasteiger partial charge in [-0.15, -0.1) is 4.28 Å². The maximum Gasteiger partial charge on any atom is 0.418 e. The van der Waals surface area contributed by atoms with Crippen molar-refractivity contribution in [2.75, 3.05) is 19.6 Å². The Morgan fingerprint density at radius 2 is 2.09 bits per heavy atom. The molecular weight excluding hydrogens is 328 g/mol. The Bertz CT molecular complexity index is 658. The summed E-state index contributed by atoms with van der Waals surface area (Å²) in [6, 6.07) is -1.70. The molecule has 1 spiro atoms. The van der Waals surface area contributed by atoms with Gasteiger partial charge in [0, 0.05) is 19.6 Å². The molecule has 3 heterocycles. The Morgan fingerprint density at radius 3 is 2.61 bits per heavy atom. The van der Waals surface area contributed by atoms with Crippen LogP contribution in [0.5, 0.6) is 0 Å². The maximum absolute atomic E-state index is 12.5. The van der Waals surface area contributed by atoms with Gasteiger partial charge in [-0.1, -0.05) is 0 Å². The number of hydroxylamine groups is 2. The summed E-state index contributed by atoms with van der Waals surface area (Å²) in [5, 5.41) is 6.67. The van der Waals surface area contributed by atoms with Gasteiger partial charge in [-0.05, 0) is 24.7 Å². The van der Waals surface area contributed by atoms with Gasteiger partial charge in [-0.3, -0.25) is 9.35 Å². The SMILES string of the molecule is O=C(NC1CNC1)[C@@H]1CC2(CC2)[C@@H]2CN1C(=O)N2OS(=O)(=O)O. The molecule has 1 saturated carbocycles. The van der Waals surface area contributed by atoms with Gasteiger partial charge in [0.15, 0.2) is 0 Å². The summed E-state index contributed by atoms with van der Waals surface area (Å²) in [5.41, 5.74) is -0.298. The van der Waals surface area contributed by atoms with Crippen molar-refractivity contribution in [1.82, 2.24) is 20.6 Å². The van der Waals surface area contributed by atoms with E-state index in [4.69, 9.17) is 4.55 Å². The molecule has 0 unspecified atom stereocenters. The predicted octanol–water partition coefficient (Wildman–Crippen LogP) is -1.53. The highest BCUT2D eigenvalue weighted by molar-refractivity contribution is 7.80. The molecule has 0 radical (unpaired) electrons. The van der Waals surface area contributed by atoms with Crippen LogP contribution < -0.4 is 10.6 Å². The number of carbonyl (C=O) groups excluding carboxylic acids is 2. The standard InChI is InChI=1S/C12H18N4O6S/c17-10(14-7-4-13-5-7)8-3-12(1-2-12)9-6-15(8)11(18)16(9)22-23(19,20)21/h7-9,13H,1-6H2,(H,14,17)(H,19,20,21)/t8-,9-/m0/s1. The molecule has 3 amide bonds. The molecule has 2 bridgehead atoms. The zero-order chi connectivity index (χ0) is 16.4. The molecule has 0 aromatic carbocycles. The van der Waals surface area contributed by atoms with E-state index in [-0.39, 0.29) is 23.9 Å². The third-order valence-corrected chi connectivity index (χ3v) is 5.62. The number of hydrogen-bond donors (Lipinski definition) is 3. The minimum atomic E-state index is -4.78. The second kappa shape index (κ2) is 4.79. The van der Waals surface area contributed by atoms with Crippen molar-refractivity contribution in [3.05, 3.63) is 0 Å². The molecule has 3 aliphatic heterocycles. The number of fused-ring (bicyclic) bond motifs is 3. The summed E-state index contributed by atoms with van der Waals surface area (Å²) >= 11 is 0. The van der Waals surface area contributed by atoms with Crippen molar-refractivity contribution in [1.29, 1.82) is 0 Å². The third kappa shape index (κ3) is 2.47. The van der Waals surface area contributed by atoms with Crippen LogP contribution in [0.25, 0.3) is 0 Å².